The summed E-state index contributed by atoms with van der Waals surface area (Å²) in [5, 5.41) is 10.6. The summed E-state index contributed by atoms with van der Waals surface area (Å²) >= 11 is 0. The van der Waals surface area contributed by atoms with E-state index in [1.54, 1.807) is 0 Å². The normalized spacial score (nSPS) is 14.4. The fourth-order valence-electron chi connectivity index (χ4n) is 11.3. The van der Waals surface area contributed by atoms with Crippen molar-refractivity contribution in [2.45, 2.75) is 395 Å². The number of rotatable bonds is 72. The molecule has 0 aromatic carbocycles. The summed E-state index contributed by atoms with van der Waals surface area (Å²) in [4.78, 5) is 72.6. The Morgan fingerprint density at radius 3 is 0.755 bits per heavy atom. The van der Waals surface area contributed by atoms with Crippen LogP contribution in [0.4, 0.5) is 0 Å². The molecule has 0 saturated heterocycles. The Kier molecular flexibility index (Phi) is 63.1. The Morgan fingerprint density at radius 2 is 0.511 bits per heavy atom. The standard InChI is InChI=1S/C75H146O17P2/c1-9-68(8)54-46-38-30-22-18-16-14-12-10-11-13-15-17-19-23-31-41-49-57-74(79)91-70(61-85-72(77)55-47-39-33-25-28-36-44-52-66(4)5)63-89-93(81,82)87-59-69(76)60-88-94(83,84)90-64-71(62-86-73(78)56-48-40-34-26-29-37-45-53-67(6)7)92-75(80)58-50-42-32-24-20-21-27-35-43-51-65(2)3/h65-71,76H,9-64H2,1-8H3,(H,81,82)(H,83,84)/t68?,69?,70-,71-/m1/s1. The number of unbranched alkanes of at least 4 members (excludes halogenated alkanes) is 37. The van der Waals surface area contributed by atoms with Gasteiger partial charge in [0.15, 0.2) is 12.2 Å². The molecule has 0 aliphatic carbocycles. The summed E-state index contributed by atoms with van der Waals surface area (Å²) in [5.41, 5.74) is 0. The van der Waals surface area contributed by atoms with Gasteiger partial charge in [-0.25, -0.2) is 9.13 Å². The highest BCUT2D eigenvalue weighted by molar-refractivity contribution is 7.47. The molecule has 0 rings (SSSR count). The molecule has 3 N–H and O–H groups in total. The average molecular weight is 1380 g/mol. The van der Waals surface area contributed by atoms with Gasteiger partial charge in [-0.1, -0.05) is 325 Å². The lowest BCUT2D eigenvalue weighted by Gasteiger charge is -2.21. The second-order valence-corrected chi connectivity index (χ2v) is 31.6. The number of hydrogen-bond acceptors (Lipinski definition) is 15. The van der Waals surface area contributed by atoms with Crippen molar-refractivity contribution in [1.29, 1.82) is 0 Å². The molecule has 94 heavy (non-hydrogen) atoms. The third kappa shape index (κ3) is 67.3. The molecule has 0 fully saturated rings. The molecule has 0 saturated carbocycles. The van der Waals surface area contributed by atoms with E-state index in [4.69, 9.17) is 37.0 Å². The first-order valence-electron chi connectivity index (χ1n) is 38.7. The van der Waals surface area contributed by atoms with Gasteiger partial charge >= 0.3 is 39.5 Å². The second-order valence-electron chi connectivity index (χ2n) is 28.7. The van der Waals surface area contributed by atoms with Gasteiger partial charge in [-0.3, -0.25) is 37.3 Å². The van der Waals surface area contributed by atoms with E-state index in [-0.39, 0.29) is 25.7 Å². The number of aliphatic hydroxyl groups excluding tert-OH is 1. The maximum Gasteiger partial charge on any atom is 0.472 e. The molecular weight excluding hydrogens is 1230 g/mol. The Labute approximate surface area is 575 Å². The van der Waals surface area contributed by atoms with Crippen LogP contribution in [0, 0.1) is 23.7 Å². The molecule has 6 atom stereocenters. The zero-order chi connectivity index (χ0) is 69.6. The van der Waals surface area contributed by atoms with Gasteiger partial charge in [0.05, 0.1) is 26.4 Å². The average Bonchev–Trinajstić information content (AvgIpc) is 1.72. The molecule has 19 heteroatoms. The van der Waals surface area contributed by atoms with Crippen LogP contribution in [0.25, 0.3) is 0 Å². The summed E-state index contributed by atoms with van der Waals surface area (Å²) in [6, 6.07) is 0. The number of hydrogen-bond donors (Lipinski definition) is 3. The molecule has 0 heterocycles. The SMILES string of the molecule is CCC(C)CCCCCCCCCCCCCCCCCCCCC(=O)O[C@H](COC(=O)CCCCCCCCCC(C)C)COP(=O)(O)OCC(O)COP(=O)(O)OC[C@@H](COC(=O)CCCCCCCCCC(C)C)OC(=O)CCCCCCCCCCCC(C)C. The van der Waals surface area contributed by atoms with E-state index in [0.29, 0.717) is 37.5 Å². The van der Waals surface area contributed by atoms with E-state index >= 15 is 0 Å². The van der Waals surface area contributed by atoms with Crippen molar-refractivity contribution in [2.24, 2.45) is 23.7 Å². The number of phosphoric ester groups is 2. The van der Waals surface area contributed by atoms with Crippen LogP contribution >= 0.6 is 15.6 Å². The van der Waals surface area contributed by atoms with E-state index < -0.39 is 97.5 Å². The fraction of sp³-hybridized carbons (Fsp3) is 0.947. The van der Waals surface area contributed by atoms with Crippen LogP contribution in [0.15, 0.2) is 0 Å². The lowest BCUT2D eigenvalue weighted by Crippen LogP contribution is -2.30. The van der Waals surface area contributed by atoms with Crippen molar-refractivity contribution in [3.63, 3.8) is 0 Å². The van der Waals surface area contributed by atoms with Gasteiger partial charge in [0.2, 0.25) is 0 Å². The first-order chi connectivity index (χ1) is 45.1. The second kappa shape index (κ2) is 64.4. The quantitative estimate of drug-likeness (QED) is 0.0222. The Balaban J connectivity index is 5.16. The number of aliphatic hydroxyl groups is 1. The Bertz CT molecular complexity index is 1850. The minimum atomic E-state index is -4.96. The highest BCUT2D eigenvalue weighted by Crippen LogP contribution is 2.45. The summed E-state index contributed by atoms with van der Waals surface area (Å²) in [6.45, 7) is 14.1. The van der Waals surface area contributed by atoms with Gasteiger partial charge in [-0.05, 0) is 49.4 Å². The first kappa shape index (κ1) is 92.1. The smallest absolute Gasteiger partial charge is 0.462 e. The van der Waals surface area contributed by atoms with Crippen LogP contribution in [-0.4, -0.2) is 96.7 Å². The maximum absolute atomic E-state index is 13.1. The zero-order valence-electron chi connectivity index (χ0n) is 61.6. The Morgan fingerprint density at radius 1 is 0.298 bits per heavy atom. The lowest BCUT2D eigenvalue weighted by molar-refractivity contribution is -0.161. The molecule has 0 aliphatic heterocycles. The predicted octanol–water partition coefficient (Wildman–Crippen LogP) is 21.7. The van der Waals surface area contributed by atoms with Gasteiger partial charge in [0.1, 0.15) is 19.3 Å². The summed E-state index contributed by atoms with van der Waals surface area (Å²) < 4.78 is 68.4. The van der Waals surface area contributed by atoms with Crippen LogP contribution in [0.2, 0.25) is 0 Å². The molecular formula is C75H146O17P2. The van der Waals surface area contributed by atoms with Crippen LogP contribution < -0.4 is 0 Å². The van der Waals surface area contributed by atoms with Gasteiger partial charge in [-0.2, -0.15) is 0 Å². The van der Waals surface area contributed by atoms with Crippen LogP contribution in [0.3, 0.4) is 0 Å². The highest BCUT2D eigenvalue weighted by Gasteiger charge is 2.30. The van der Waals surface area contributed by atoms with E-state index in [1.165, 1.54) is 167 Å². The highest BCUT2D eigenvalue weighted by atomic mass is 31.2. The minimum Gasteiger partial charge on any atom is -0.462 e. The minimum absolute atomic E-state index is 0.104. The third-order valence-electron chi connectivity index (χ3n) is 17.7. The summed E-state index contributed by atoms with van der Waals surface area (Å²) in [6.07, 6.45) is 48.9. The molecule has 4 unspecified atom stereocenters. The Hall–Kier alpha value is -1.94. The van der Waals surface area contributed by atoms with Crippen molar-refractivity contribution in [3.05, 3.63) is 0 Å². The molecule has 0 radical (unpaired) electrons. The summed E-state index contributed by atoms with van der Waals surface area (Å²) in [7, 11) is -9.91. The predicted molar refractivity (Wildman–Crippen MR) is 381 cm³/mol. The molecule has 17 nitrogen and oxygen atoms in total. The van der Waals surface area contributed by atoms with Crippen molar-refractivity contribution in [1.82, 2.24) is 0 Å². The van der Waals surface area contributed by atoms with Gasteiger partial charge < -0.3 is 33.8 Å². The van der Waals surface area contributed by atoms with Crippen LogP contribution in [0.5, 0.6) is 0 Å². The van der Waals surface area contributed by atoms with Crippen molar-refractivity contribution >= 4 is 39.5 Å². The monoisotopic (exact) mass is 1380 g/mol. The third-order valence-corrected chi connectivity index (χ3v) is 19.6. The van der Waals surface area contributed by atoms with Crippen LogP contribution in [0.1, 0.15) is 376 Å². The van der Waals surface area contributed by atoms with E-state index in [9.17, 15) is 43.2 Å². The van der Waals surface area contributed by atoms with Crippen molar-refractivity contribution < 1.29 is 80.2 Å². The molecule has 0 aromatic heterocycles. The van der Waals surface area contributed by atoms with Crippen LogP contribution in [-0.2, 0) is 65.4 Å². The number of esters is 4. The number of carbonyl (C=O) groups excluding carboxylic acids is 4. The lowest BCUT2D eigenvalue weighted by atomic mass is 9.99. The van der Waals surface area contributed by atoms with E-state index in [1.807, 2.05) is 0 Å². The molecule has 0 spiro atoms. The molecule has 0 amide bonds. The van der Waals surface area contributed by atoms with Gasteiger partial charge in [-0.15, -0.1) is 0 Å². The first-order valence-corrected chi connectivity index (χ1v) is 41.7. The number of carbonyl (C=O) groups is 4. The summed E-state index contributed by atoms with van der Waals surface area (Å²) in [5.74, 6) is 0.891. The molecule has 558 valence electrons. The maximum atomic E-state index is 13.1. The largest absolute Gasteiger partial charge is 0.472 e. The molecule has 0 bridgehead atoms. The van der Waals surface area contributed by atoms with Crippen molar-refractivity contribution in [3.8, 4) is 0 Å². The molecule has 0 aliphatic rings. The van der Waals surface area contributed by atoms with Crippen molar-refractivity contribution in [2.75, 3.05) is 39.6 Å². The van der Waals surface area contributed by atoms with Gasteiger partial charge in [0.25, 0.3) is 0 Å². The molecule has 0 aromatic rings. The van der Waals surface area contributed by atoms with E-state index in [2.05, 4.69) is 55.4 Å². The topological polar surface area (TPSA) is 237 Å². The fourth-order valence-corrected chi connectivity index (χ4v) is 12.9. The van der Waals surface area contributed by atoms with Gasteiger partial charge in [0, 0.05) is 25.7 Å². The zero-order valence-corrected chi connectivity index (χ0v) is 63.4. The number of ether oxygens (including phenoxy) is 4. The number of phosphoric acid groups is 2. The van der Waals surface area contributed by atoms with E-state index in [0.717, 1.165) is 115 Å².